The number of halogens is 1. The highest BCUT2D eigenvalue weighted by molar-refractivity contribution is 7.99. The van der Waals surface area contributed by atoms with Crippen molar-refractivity contribution in [3.05, 3.63) is 29.3 Å². The Bertz CT molecular complexity index is 787. The topological polar surface area (TPSA) is 80.1 Å². The maximum Gasteiger partial charge on any atom is 0.241 e. The van der Waals surface area contributed by atoms with E-state index >= 15 is 0 Å². The van der Waals surface area contributed by atoms with E-state index in [0.717, 1.165) is 31.5 Å². The van der Waals surface area contributed by atoms with E-state index in [2.05, 4.69) is 15.5 Å². The maximum absolute atomic E-state index is 12.0. The highest BCUT2D eigenvalue weighted by atomic mass is 35.5. The fraction of sp³-hybridized carbons (Fsp3) is 0.412. The van der Waals surface area contributed by atoms with E-state index in [9.17, 15) is 9.59 Å². The molecule has 0 unspecified atom stereocenters. The lowest BCUT2D eigenvalue weighted by molar-refractivity contribution is -0.131. The summed E-state index contributed by atoms with van der Waals surface area (Å²) in [6.07, 6.45) is 2.08. The van der Waals surface area contributed by atoms with Crippen LogP contribution < -0.4 is 5.32 Å². The van der Waals surface area contributed by atoms with Crippen molar-refractivity contribution in [1.82, 2.24) is 25.0 Å². The second-order valence-electron chi connectivity index (χ2n) is 6.03. The Kier molecular flexibility index (Phi) is 6.16. The molecule has 0 atom stereocenters. The van der Waals surface area contributed by atoms with Gasteiger partial charge in [-0.3, -0.25) is 9.59 Å². The van der Waals surface area contributed by atoms with Gasteiger partial charge in [0, 0.05) is 30.7 Å². The Morgan fingerprint density at radius 2 is 1.88 bits per heavy atom. The average Bonchev–Trinajstić information content (AvgIpc) is 3.29. The zero-order valence-corrected chi connectivity index (χ0v) is 16.0. The van der Waals surface area contributed by atoms with E-state index in [4.69, 9.17) is 11.6 Å². The Morgan fingerprint density at radius 1 is 1.19 bits per heavy atom. The van der Waals surface area contributed by atoms with Crippen LogP contribution in [-0.4, -0.2) is 56.9 Å². The predicted molar refractivity (Wildman–Crippen MR) is 101 cm³/mol. The van der Waals surface area contributed by atoms with Gasteiger partial charge >= 0.3 is 0 Å². The van der Waals surface area contributed by atoms with E-state index in [0.29, 0.717) is 16.0 Å². The van der Waals surface area contributed by atoms with Crippen molar-refractivity contribution in [3.8, 4) is 11.4 Å². The van der Waals surface area contributed by atoms with Crippen LogP contribution in [0.2, 0.25) is 5.02 Å². The first-order valence-electron chi connectivity index (χ1n) is 8.37. The third kappa shape index (κ3) is 4.56. The first-order chi connectivity index (χ1) is 12.5. The number of thioether (sulfide) groups is 1. The number of carbonyl (C=O) groups is 2. The quantitative estimate of drug-likeness (QED) is 0.759. The molecule has 9 heteroatoms. The van der Waals surface area contributed by atoms with Crippen molar-refractivity contribution >= 4 is 35.2 Å². The first kappa shape index (κ1) is 18.7. The number of aromatic nitrogens is 3. The van der Waals surface area contributed by atoms with Crippen LogP contribution in [0.3, 0.4) is 0 Å². The van der Waals surface area contributed by atoms with Crippen LogP contribution in [0.1, 0.15) is 12.8 Å². The number of amides is 2. The Balaban J connectivity index is 1.50. The van der Waals surface area contributed by atoms with Crippen LogP contribution in [0.15, 0.2) is 29.4 Å². The molecule has 0 saturated carbocycles. The minimum atomic E-state index is -0.196. The molecular weight excluding hydrogens is 374 g/mol. The summed E-state index contributed by atoms with van der Waals surface area (Å²) < 4.78 is 1.83. The van der Waals surface area contributed by atoms with Gasteiger partial charge in [0.15, 0.2) is 11.0 Å². The van der Waals surface area contributed by atoms with Crippen LogP contribution in [0.4, 0.5) is 0 Å². The van der Waals surface area contributed by atoms with Crippen molar-refractivity contribution < 1.29 is 9.59 Å². The highest BCUT2D eigenvalue weighted by Crippen LogP contribution is 2.23. The van der Waals surface area contributed by atoms with Gasteiger partial charge in [0.25, 0.3) is 0 Å². The third-order valence-electron chi connectivity index (χ3n) is 4.17. The molecule has 1 N–H and O–H groups in total. The van der Waals surface area contributed by atoms with Gasteiger partial charge in [-0.1, -0.05) is 23.4 Å². The Morgan fingerprint density at radius 3 is 2.58 bits per heavy atom. The van der Waals surface area contributed by atoms with E-state index in [-0.39, 0.29) is 24.1 Å². The summed E-state index contributed by atoms with van der Waals surface area (Å²) in [5, 5.41) is 12.3. The number of nitrogens with one attached hydrogen (secondary N) is 1. The van der Waals surface area contributed by atoms with E-state index in [1.165, 1.54) is 11.8 Å². The number of hydrogen-bond donors (Lipinski definition) is 1. The number of benzene rings is 1. The fourth-order valence-electron chi connectivity index (χ4n) is 2.72. The smallest absolute Gasteiger partial charge is 0.241 e. The summed E-state index contributed by atoms with van der Waals surface area (Å²) in [6, 6.07) is 7.33. The lowest BCUT2D eigenvalue weighted by Gasteiger charge is -2.15. The average molecular weight is 394 g/mol. The van der Waals surface area contributed by atoms with Crippen LogP contribution in [0.25, 0.3) is 11.4 Å². The molecule has 1 aromatic heterocycles. The van der Waals surface area contributed by atoms with Crippen LogP contribution in [0, 0.1) is 0 Å². The molecule has 26 heavy (non-hydrogen) atoms. The lowest BCUT2D eigenvalue weighted by Crippen LogP contribution is -2.39. The molecular formula is C17H20ClN5O2S. The number of hydrogen-bond acceptors (Lipinski definition) is 5. The SMILES string of the molecule is Cn1c(SCC(=O)NCC(=O)N2CCCC2)nnc1-c1ccc(Cl)cc1. The molecule has 1 saturated heterocycles. The van der Waals surface area contributed by atoms with Crippen molar-refractivity contribution in [3.63, 3.8) is 0 Å². The van der Waals surface area contributed by atoms with Crippen molar-refractivity contribution in [2.75, 3.05) is 25.4 Å². The third-order valence-corrected chi connectivity index (χ3v) is 5.44. The van der Waals surface area contributed by atoms with Crippen LogP contribution in [-0.2, 0) is 16.6 Å². The Hall–Kier alpha value is -2.06. The van der Waals surface area contributed by atoms with E-state index in [1.54, 1.807) is 17.0 Å². The standard InChI is InChI=1S/C17H20ClN5O2S/c1-22-16(12-4-6-13(18)7-5-12)20-21-17(22)26-11-14(24)19-10-15(25)23-8-2-3-9-23/h4-7H,2-3,8-11H2,1H3,(H,19,24). The molecule has 138 valence electrons. The van der Waals surface area contributed by atoms with Crippen molar-refractivity contribution in [2.24, 2.45) is 7.05 Å². The highest BCUT2D eigenvalue weighted by Gasteiger charge is 2.18. The first-order valence-corrected chi connectivity index (χ1v) is 9.73. The maximum atomic E-state index is 12.0. The van der Waals surface area contributed by atoms with Gasteiger partial charge in [0.2, 0.25) is 11.8 Å². The van der Waals surface area contributed by atoms with Gasteiger partial charge in [0.05, 0.1) is 12.3 Å². The number of likely N-dealkylation sites (tertiary alicyclic amines) is 1. The molecule has 1 aromatic carbocycles. The molecule has 7 nitrogen and oxygen atoms in total. The lowest BCUT2D eigenvalue weighted by atomic mass is 10.2. The molecule has 1 fully saturated rings. The van der Waals surface area contributed by atoms with Crippen LogP contribution >= 0.6 is 23.4 Å². The summed E-state index contributed by atoms with van der Waals surface area (Å²) in [7, 11) is 1.85. The normalized spacial score (nSPS) is 13.8. The van der Waals surface area contributed by atoms with E-state index < -0.39 is 0 Å². The van der Waals surface area contributed by atoms with Gasteiger partial charge < -0.3 is 14.8 Å². The summed E-state index contributed by atoms with van der Waals surface area (Å²) in [5.74, 6) is 0.664. The molecule has 0 aliphatic carbocycles. The molecule has 3 rings (SSSR count). The summed E-state index contributed by atoms with van der Waals surface area (Å²) in [6.45, 7) is 1.62. The monoisotopic (exact) mass is 393 g/mol. The van der Waals surface area contributed by atoms with E-state index in [1.807, 2.05) is 23.7 Å². The number of nitrogens with zero attached hydrogens (tertiary/aromatic N) is 4. The van der Waals surface area contributed by atoms with Crippen molar-refractivity contribution in [1.29, 1.82) is 0 Å². The van der Waals surface area contributed by atoms with Gasteiger partial charge in [-0.2, -0.15) is 0 Å². The molecule has 0 spiro atoms. The molecule has 2 aromatic rings. The van der Waals surface area contributed by atoms with Gasteiger partial charge in [-0.15, -0.1) is 10.2 Å². The zero-order chi connectivity index (χ0) is 18.5. The fourth-order valence-corrected chi connectivity index (χ4v) is 3.59. The molecule has 1 aliphatic rings. The summed E-state index contributed by atoms with van der Waals surface area (Å²) >= 11 is 7.19. The second kappa shape index (κ2) is 8.55. The minimum Gasteiger partial charge on any atom is -0.346 e. The molecule has 2 heterocycles. The van der Waals surface area contributed by atoms with Gasteiger partial charge in [-0.25, -0.2) is 0 Å². The molecule has 2 amide bonds. The molecule has 1 aliphatic heterocycles. The zero-order valence-electron chi connectivity index (χ0n) is 14.4. The summed E-state index contributed by atoms with van der Waals surface area (Å²) in [4.78, 5) is 25.7. The Labute approximate surface area is 161 Å². The molecule has 0 bridgehead atoms. The number of rotatable bonds is 6. The van der Waals surface area contributed by atoms with Gasteiger partial charge in [0.1, 0.15) is 0 Å². The van der Waals surface area contributed by atoms with Crippen molar-refractivity contribution in [2.45, 2.75) is 18.0 Å². The molecule has 0 radical (unpaired) electrons. The largest absolute Gasteiger partial charge is 0.346 e. The summed E-state index contributed by atoms with van der Waals surface area (Å²) in [5.41, 5.74) is 0.900. The second-order valence-corrected chi connectivity index (χ2v) is 7.40. The van der Waals surface area contributed by atoms with Gasteiger partial charge in [-0.05, 0) is 37.1 Å². The minimum absolute atomic E-state index is 0.0236. The number of carbonyl (C=O) groups excluding carboxylic acids is 2. The van der Waals surface area contributed by atoms with Crippen LogP contribution in [0.5, 0.6) is 0 Å². The predicted octanol–water partition coefficient (Wildman–Crippen LogP) is 1.97.